The Morgan fingerprint density at radius 2 is 1.88 bits per heavy atom. The topological polar surface area (TPSA) is 55.4 Å². The number of benzene rings is 1. The normalized spacial score (nSPS) is 12.0. The molecule has 0 spiro atoms. The minimum absolute atomic E-state index is 0.235. The monoisotopic (exact) mass is 377 g/mol. The Morgan fingerprint density at radius 3 is 2.48 bits per heavy atom. The molecule has 6 heteroatoms. The summed E-state index contributed by atoms with van der Waals surface area (Å²) in [5.41, 5.74) is 1.91. The largest absolute Gasteiger partial charge is 0.452 e. The summed E-state index contributed by atoms with van der Waals surface area (Å²) in [6.45, 7) is 5.82. The maximum atomic E-state index is 12.1. The maximum absolute atomic E-state index is 12.1. The fourth-order valence-electron chi connectivity index (χ4n) is 2.11. The van der Waals surface area contributed by atoms with E-state index in [-0.39, 0.29) is 17.6 Å². The zero-order valence-corrected chi connectivity index (χ0v) is 16.3. The third-order valence-electron chi connectivity index (χ3n) is 3.57. The second-order valence-corrected chi connectivity index (χ2v) is 7.99. The minimum atomic E-state index is -0.820. The van der Waals surface area contributed by atoms with Gasteiger partial charge in [0, 0.05) is 16.3 Å². The third kappa shape index (κ3) is 6.55. The van der Waals surface area contributed by atoms with E-state index in [2.05, 4.69) is 19.2 Å². The molecule has 0 aliphatic rings. The van der Waals surface area contributed by atoms with Crippen molar-refractivity contribution in [2.75, 3.05) is 11.1 Å². The van der Waals surface area contributed by atoms with Gasteiger partial charge in [0.15, 0.2) is 6.10 Å². The van der Waals surface area contributed by atoms with Gasteiger partial charge in [0.2, 0.25) is 0 Å². The fourth-order valence-corrected chi connectivity index (χ4v) is 3.76. The van der Waals surface area contributed by atoms with E-state index in [1.807, 2.05) is 41.8 Å². The number of hydrogen-bond acceptors (Lipinski definition) is 5. The van der Waals surface area contributed by atoms with Gasteiger partial charge >= 0.3 is 5.97 Å². The van der Waals surface area contributed by atoms with E-state index in [4.69, 9.17) is 4.74 Å². The molecule has 1 atom stereocenters. The number of hydrogen-bond donors (Lipinski definition) is 1. The summed E-state index contributed by atoms with van der Waals surface area (Å²) < 4.78 is 5.20. The fraction of sp³-hybridized carbons (Fsp3) is 0.368. The number of carbonyl (C=O) groups is 2. The Kier molecular flexibility index (Phi) is 7.52. The third-order valence-corrected chi connectivity index (χ3v) is 5.58. The second kappa shape index (κ2) is 9.63. The van der Waals surface area contributed by atoms with Gasteiger partial charge < -0.3 is 10.1 Å². The highest BCUT2D eigenvalue weighted by Gasteiger charge is 2.18. The van der Waals surface area contributed by atoms with Crippen LogP contribution in [0.3, 0.4) is 0 Å². The highest BCUT2D eigenvalue weighted by molar-refractivity contribution is 7.99. The average molecular weight is 378 g/mol. The van der Waals surface area contributed by atoms with E-state index >= 15 is 0 Å². The molecule has 0 saturated carbocycles. The minimum Gasteiger partial charge on any atom is -0.452 e. The molecule has 2 aromatic rings. The summed E-state index contributed by atoms with van der Waals surface area (Å²) >= 11 is 3.15. The molecule has 0 aliphatic heterocycles. The van der Waals surface area contributed by atoms with Crippen LogP contribution in [0.5, 0.6) is 0 Å². The van der Waals surface area contributed by atoms with Crippen molar-refractivity contribution in [3.05, 3.63) is 52.2 Å². The number of nitrogens with one attached hydrogen (secondary N) is 1. The lowest BCUT2D eigenvalue weighted by atomic mass is 10.0. The molecule has 0 fully saturated rings. The molecule has 0 unspecified atom stereocenters. The van der Waals surface area contributed by atoms with E-state index < -0.39 is 6.10 Å². The van der Waals surface area contributed by atoms with Crippen molar-refractivity contribution in [1.82, 2.24) is 0 Å². The molecule has 0 radical (unpaired) electrons. The Hall–Kier alpha value is -1.79. The van der Waals surface area contributed by atoms with E-state index in [1.165, 1.54) is 22.2 Å². The summed E-state index contributed by atoms with van der Waals surface area (Å²) in [4.78, 5) is 25.2. The van der Waals surface area contributed by atoms with Crippen molar-refractivity contribution in [2.45, 2.75) is 38.5 Å². The van der Waals surface area contributed by atoms with Gasteiger partial charge in [0.1, 0.15) is 0 Å². The molecular weight excluding hydrogens is 354 g/mol. The summed E-state index contributed by atoms with van der Waals surface area (Å²) in [7, 11) is 0. The van der Waals surface area contributed by atoms with Crippen molar-refractivity contribution in [3.8, 4) is 0 Å². The zero-order valence-electron chi connectivity index (χ0n) is 14.7. The van der Waals surface area contributed by atoms with Gasteiger partial charge in [0.25, 0.3) is 5.91 Å². The van der Waals surface area contributed by atoms with Gasteiger partial charge in [-0.25, -0.2) is 0 Å². The number of rotatable bonds is 8. The highest BCUT2D eigenvalue weighted by atomic mass is 32.2. The van der Waals surface area contributed by atoms with Crippen LogP contribution < -0.4 is 5.32 Å². The second-order valence-electron chi connectivity index (χ2n) is 5.97. The standard InChI is InChI=1S/C19H23NO3S2/c1-13(2)15-6-8-16(9-7-15)20-19(22)14(3)23-18(21)12-24-11-17-5-4-10-25-17/h4-10,13-14H,11-12H2,1-3H3,(H,20,22)/t14-/m0/s1. The highest BCUT2D eigenvalue weighted by Crippen LogP contribution is 2.18. The molecule has 0 saturated heterocycles. The number of esters is 1. The van der Waals surface area contributed by atoms with Crippen LogP contribution in [0.2, 0.25) is 0 Å². The van der Waals surface area contributed by atoms with Crippen LogP contribution in [0, 0.1) is 0 Å². The van der Waals surface area contributed by atoms with Crippen molar-refractivity contribution < 1.29 is 14.3 Å². The summed E-state index contributed by atoms with van der Waals surface area (Å²) in [6.07, 6.45) is -0.820. The average Bonchev–Trinajstić information content (AvgIpc) is 3.08. The molecule has 0 bridgehead atoms. The molecular formula is C19H23NO3S2. The number of ether oxygens (including phenoxy) is 1. The van der Waals surface area contributed by atoms with E-state index in [0.717, 1.165) is 5.75 Å². The Bertz CT molecular complexity index is 681. The van der Waals surface area contributed by atoms with Crippen LogP contribution in [0.15, 0.2) is 41.8 Å². The smallest absolute Gasteiger partial charge is 0.316 e. The lowest BCUT2D eigenvalue weighted by molar-refractivity contribution is -0.150. The van der Waals surface area contributed by atoms with Crippen molar-refractivity contribution in [3.63, 3.8) is 0 Å². The molecule has 2 rings (SSSR count). The Balaban J connectivity index is 1.74. The van der Waals surface area contributed by atoms with Crippen molar-refractivity contribution >= 4 is 40.7 Å². The van der Waals surface area contributed by atoms with Gasteiger partial charge in [-0.05, 0) is 42.0 Å². The molecule has 134 valence electrons. The first-order valence-electron chi connectivity index (χ1n) is 8.16. The first-order chi connectivity index (χ1) is 12.0. The van der Waals surface area contributed by atoms with Gasteiger partial charge in [0.05, 0.1) is 5.75 Å². The van der Waals surface area contributed by atoms with E-state index in [9.17, 15) is 9.59 Å². The summed E-state index contributed by atoms with van der Waals surface area (Å²) in [6, 6.07) is 11.7. The first kappa shape index (κ1) is 19.5. The number of thioether (sulfide) groups is 1. The van der Waals surface area contributed by atoms with Crippen LogP contribution in [0.25, 0.3) is 0 Å². The van der Waals surface area contributed by atoms with Crippen molar-refractivity contribution in [2.24, 2.45) is 0 Å². The van der Waals surface area contributed by atoms with Crippen LogP contribution in [0.4, 0.5) is 5.69 Å². The molecule has 25 heavy (non-hydrogen) atoms. The number of anilines is 1. The first-order valence-corrected chi connectivity index (χ1v) is 10.2. The summed E-state index contributed by atoms with van der Waals surface area (Å²) in [5.74, 6) is 0.748. The van der Waals surface area contributed by atoms with Gasteiger partial charge in [-0.2, -0.15) is 0 Å². The number of amides is 1. The molecule has 1 aromatic carbocycles. The number of thiophene rings is 1. The molecule has 1 heterocycles. The van der Waals surface area contributed by atoms with Gasteiger partial charge in [-0.3, -0.25) is 9.59 Å². The summed E-state index contributed by atoms with van der Waals surface area (Å²) in [5, 5.41) is 4.78. The van der Waals surface area contributed by atoms with E-state index in [0.29, 0.717) is 11.6 Å². The van der Waals surface area contributed by atoms with Crippen molar-refractivity contribution in [1.29, 1.82) is 0 Å². The van der Waals surface area contributed by atoms with Crippen LogP contribution in [-0.4, -0.2) is 23.7 Å². The lowest BCUT2D eigenvalue weighted by Gasteiger charge is -2.14. The quantitative estimate of drug-likeness (QED) is 0.679. The Morgan fingerprint density at radius 1 is 1.16 bits per heavy atom. The number of carbonyl (C=O) groups excluding carboxylic acids is 2. The van der Waals surface area contributed by atoms with Gasteiger partial charge in [-0.1, -0.05) is 32.0 Å². The predicted octanol–water partition coefficient (Wildman–Crippen LogP) is 4.68. The zero-order chi connectivity index (χ0) is 18.2. The molecule has 1 aromatic heterocycles. The van der Waals surface area contributed by atoms with Crippen LogP contribution in [-0.2, 0) is 20.1 Å². The SMILES string of the molecule is CC(C)c1ccc(NC(=O)[C@H](C)OC(=O)CSCc2cccs2)cc1. The van der Waals surface area contributed by atoms with Gasteiger partial charge in [-0.15, -0.1) is 23.1 Å². The van der Waals surface area contributed by atoms with Crippen LogP contribution >= 0.6 is 23.1 Å². The lowest BCUT2D eigenvalue weighted by Crippen LogP contribution is -2.30. The van der Waals surface area contributed by atoms with E-state index in [1.54, 1.807) is 18.3 Å². The molecule has 4 nitrogen and oxygen atoms in total. The van der Waals surface area contributed by atoms with Crippen LogP contribution in [0.1, 0.15) is 37.1 Å². The maximum Gasteiger partial charge on any atom is 0.316 e. The molecule has 1 N–H and O–H groups in total. The molecule has 1 amide bonds. The Labute approximate surface area is 157 Å². The molecule has 0 aliphatic carbocycles. The predicted molar refractivity (Wildman–Crippen MR) is 105 cm³/mol.